The Hall–Kier alpha value is -2.30. The molecule has 0 aromatic heterocycles. The lowest BCUT2D eigenvalue weighted by Gasteiger charge is -2.11. The molecule has 134 valence electrons. The number of hydrogen-bond acceptors (Lipinski definition) is 3. The summed E-state index contributed by atoms with van der Waals surface area (Å²) >= 11 is 0. The largest absolute Gasteiger partial charge is 1.00 e. The second-order valence-corrected chi connectivity index (χ2v) is 5.79. The van der Waals surface area contributed by atoms with Crippen LogP contribution in [0.15, 0.2) is 54.6 Å². The third-order valence-corrected chi connectivity index (χ3v) is 3.57. The van der Waals surface area contributed by atoms with Crippen LogP contribution < -0.4 is 22.0 Å². The highest BCUT2D eigenvalue weighted by Gasteiger charge is 2.14. The number of methoxy groups -OCH3 is 1. The van der Waals surface area contributed by atoms with Crippen molar-refractivity contribution in [3.05, 3.63) is 65.7 Å². The number of benzene rings is 2. The van der Waals surface area contributed by atoms with Crippen LogP contribution in [0.4, 0.5) is 0 Å². The Morgan fingerprint density at radius 2 is 1.68 bits per heavy atom. The molecule has 2 rings (SSSR count). The molecular formula is C20H24ClNO3. The van der Waals surface area contributed by atoms with E-state index in [9.17, 15) is 4.79 Å². The van der Waals surface area contributed by atoms with Gasteiger partial charge >= 0.3 is 5.97 Å². The first-order chi connectivity index (χ1) is 11.6. The molecule has 0 saturated heterocycles. The topological polar surface area (TPSA) is 40.0 Å². The van der Waals surface area contributed by atoms with Crippen LogP contribution in [-0.2, 0) is 9.53 Å². The van der Waals surface area contributed by atoms with E-state index in [1.54, 1.807) is 7.11 Å². The second kappa shape index (κ2) is 10.5. The van der Waals surface area contributed by atoms with Crippen molar-refractivity contribution in [3.63, 3.8) is 0 Å². The van der Waals surface area contributed by atoms with Gasteiger partial charge in [-0.05, 0) is 29.3 Å². The Balaban J connectivity index is 0.00000312. The van der Waals surface area contributed by atoms with E-state index in [0.29, 0.717) is 12.2 Å². The van der Waals surface area contributed by atoms with E-state index in [4.69, 9.17) is 9.47 Å². The summed E-state index contributed by atoms with van der Waals surface area (Å²) in [5.41, 5.74) is 2.31. The fourth-order valence-electron chi connectivity index (χ4n) is 2.17. The predicted octanol–water partition coefficient (Wildman–Crippen LogP) is -1.07. The summed E-state index contributed by atoms with van der Waals surface area (Å²) in [7, 11) is 5.68. The zero-order valence-corrected chi connectivity index (χ0v) is 15.5. The number of likely N-dealkylation sites (N-methyl/N-ethyl adjacent to an activating group) is 1. The van der Waals surface area contributed by atoms with Crippen LogP contribution in [-0.4, -0.2) is 40.3 Å². The number of quaternary nitrogens is 1. The van der Waals surface area contributed by atoms with Gasteiger partial charge in [0.15, 0.2) is 0 Å². The molecule has 2 aromatic rings. The fraction of sp³-hybridized carbons (Fsp3) is 0.250. The van der Waals surface area contributed by atoms with Crippen molar-refractivity contribution in [1.82, 2.24) is 0 Å². The van der Waals surface area contributed by atoms with Gasteiger partial charge in [0.05, 0.1) is 26.8 Å². The molecule has 2 aromatic carbocycles. The minimum Gasteiger partial charge on any atom is -1.00 e. The maximum Gasteiger partial charge on any atom is 0.338 e. The molecular weight excluding hydrogens is 338 g/mol. The van der Waals surface area contributed by atoms with E-state index in [2.05, 4.69) is 0 Å². The van der Waals surface area contributed by atoms with E-state index in [0.717, 1.165) is 23.4 Å². The molecule has 0 fully saturated rings. The van der Waals surface area contributed by atoms with Crippen LogP contribution in [0.3, 0.4) is 0 Å². The normalized spacial score (nSPS) is 11.0. The van der Waals surface area contributed by atoms with Gasteiger partial charge in [0, 0.05) is 0 Å². The van der Waals surface area contributed by atoms with E-state index in [1.807, 2.05) is 74.8 Å². The Bertz CT molecular complexity index is 682. The zero-order valence-electron chi connectivity index (χ0n) is 14.8. The minimum absolute atomic E-state index is 0. The molecule has 5 heteroatoms. The lowest BCUT2D eigenvalue weighted by atomic mass is 10.0. The van der Waals surface area contributed by atoms with Crippen LogP contribution in [0.2, 0.25) is 0 Å². The summed E-state index contributed by atoms with van der Waals surface area (Å²) in [5, 5.41) is 0. The maximum atomic E-state index is 12.5. The maximum absolute atomic E-state index is 12.5. The van der Waals surface area contributed by atoms with Crippen LogP contribution >= 0.6 is 0 Å². The molecule has 4 nitrogen and oxygen atoms in total. The molecule has 0 radical (unpaired) electrons. The second-order valence-electron chi connectivity index (χ2n) is 5.79. The van der Waals surface area contributed by atoms with Crippen molar-refractivity contribution in [2.75, 3.05) is 34.4 Å². The molecule has 0 aliphatic rings. The zero-order chi connectivity index (χ0) is 17.4. The average Bonchev–Trinajstić information content (AvgIpc) is 2.60. The fourth-order valence-corrected chi connectivity index (χ4v) is 2.17. The summed E-state index contributed by atoms with van der Waals surface area (Å²) in [5.74, 6) is 0.475. The van der Waals surface area contributed by atoms with E-state index >= 15 is 0 Å². The van der Waals surface area contributed by atoms with Gasteiger partial charge in [0.2, 0.25) is 0 Å². The molecule has 25 heavy (non-hydrogen) atoms. The molecule has 0 atom stereocenters. The number of carbonyl (C=O) groups is 1. The summed E-state index contributed by atoms with van der Waals surface area (Å²) < 4.78 is 10.6. The SMILES string of the molecule is COc1ccc(/C=C(/C(=O)OCC[NH+](C)C)c2ccccc2)cc1.[Cl-]. The van der Waals surface area contributed by atoms with Gasteiger partial charge in [-0.2, -0.15) is 0 Å². The Labute approximate surface area is 155 Å². The number of esters is 1. The summed E-state index contributed by atoms with van der Waals surface area (Å²) in [6.07, 6.45) is 1.85. The van der Waals surface area contributed by atoms with E-state index < -0.39 is 0 Å². The van der Waals surface area contributed by atoms with Gasteiger partial charge in [0.1, 0.15) is 18.9 Å². The van der Waals surface area contributed by atoms with Crippen molar-refractivity contribution >= 4 is 17.6 Å². The van der Waals surface area contributed by atoms with Crippen LogP contribution in [0, 0.1) is 0 Å². The standard InChI is InChI=1S/C20H23NO3.ClH/c1-21(2)13-14-24-20(22)19(17-7-5-4-6-8-17)15-16-9-11-18(23-3)12-10-16;/h4-12,15H,13-14H2,1-3H3;1H/b19-15+;. The molecule has 0 spiro atoms. The van der Waals surface area contributed by atoms with E-state index in [-0.39, 0.29) is 18.4 Å². The van der Waals surface area contributed by atoms with Crippen LogP contribution in [0.25, 0.3) is 11.6 Å². The summed E-state index contributed by atoms with van der Waals surface area (Å²) in [6, 6.07) is 17.1. The molecule has 0 heterocycles. The average molecular weight is 362 g/mol. The summed E-state index contributed by atoms with van der Waals surface area (Å²) in [4.78, 5) is 13.8. The Kier molecular flexibility index (Phi) is 8.75. The smallest absolute Gasteiger partial charge is 0.338 e. The third-order valence-electron chi connectivity index (χ3n) is 3.57. The lowest BCUT2D eigenvalue weighted by molar-refractivity contribution is -0.858. The van der Waals surface area contributed by atoms with Crippen molar-refractivity contribution < 1.29 is 31.6 Å². The Morgan fingerprint density at radius 1 is 1.04 bits per heavy atom. The number of hydrogen-bond donors (Lipinski definition) is 1. The van der Waals surface area contributed by atoms with Gasteiger partial charge < -0.3 is 26.8 Å². The molecule has 1 N–H and O–H groups in total. The highest BCUT2D eigenvalue weighted by Crippen LogP contribution is 2.21. The van der Waals surface area contributed by atoms with Crippen LogP contribution in [0.5, 0.6) is 5.75 Å². The molecule has 0 saturated carbocycles. The monoisotopic (exact) mass is 361 g/mol. The third kappa shape index (κ3) is 6.61. The first kappa shape index (κ1) is 20.7. The predicted molar refractivity (Wildman–Crippen MR) is 95.9 cm³/mol. The van der Waals surface area contributed by atoms with Crippen molar-refractivity contribution in [2.24, 2.45) is 0 Å². The Morgan fingerprint density at radius 3 is 2.24 bits per heavy atom. The number of nitrogens with one attached hydrogen (secondary N) is 1. The highest BCUT2D eigenvalue weighted by atomic mass is 35.5. The lowest BCUT2D eigenvalue weighted by Crippen LogP contribution is -3.06. The van der Waals surface area contributed by atoms with Gasteiger partial charge in [0.25, 0.3) is 0 Å². The first-order valence-corrected chi connectivity index (χ1v) is 7.97. The minimum atomic E-state index is -0.307. The number of carbonyl (C=O) groups excluding carboxylic acids is 1. The molecule has 0 unspecified atom stereocenters. The molecule has 0 aliphatic carbocycles. The van der Waals surface area contributed by atoms with Gasteiger partial charge in [-0.3, -0.25) is 0 Å². The molecule has 0 aliphatic heterocycles. The molecule has 0 bridgehead atoms. The quantitative estimate of drug-likeness (QED) is 0.388. The van der Waals surface area contributed by atoms with Crippen molar-refractivity contribution in [2.45, 2.75) is 0 Å². The van der Waals surface area contributed by atoms with E-state index in [1.165, 1.54) is 4.90 Å². The van der Waals surface area contributed by atoms with Gasteiger partial charge in [-0.25, -0.2) is 4.79 Å². The van der Waals surface area contributed by atoms with Crippen molar-refractivity contribution in [3.8, 4) is 5.75 Å². The first-order valence-electron chi connectivity index (χ1n) is 7.97. The number of rotatable bonds is 7. The van der Waals surface area contributed by atoms with Crippen LogP contribution in [0.1, 0.15) is 11.1 Å². The number of ether oxygens (including phenoxy) is 2. The van der Waals surface area contributed by atoms with Crippen molar-refractivity contribution in [1.29, 1.82) is 0 Å². The molecule has 0 amide bonds. The van der Waals surface area contributed by atoms with Gasteiger partial charge in [-0.15, -0.1) is 0 Å². The number of halogens is 1. The van der Waals surface area contributed by atoms with Gasteiger partial charge in [-0.1, -0.05) is 42.5 Å². The summed E-state index contributed by atoms with van der Waals surface area (Å²) in [6.45, 7) is 1.17. The highest BCUT2D eigenvalue weighted by molar-refractivity contribution is 6.21.